The number of aliphatic hydroxyl groups is 1. The Morgan fingerprint density at radius 3 is 2.71 bits per heavy atom. The predicted octanol–water partition coefficient (Wildman–Crippen LogP) is 0.697. The number of carbonyl (C=O) groups is 3. The van der Waals surface area contributed by atoms with Gasteiger partial charge in [0, 0.05) is 45.6 Å². The van der Waals surface area contributed by atoms with E-state index >= 15 is 0 Å². The van der Waals surface area contributed by atoms with Crippen LogP contribution in [-0.4, -0.2) is 72.2 Å². The zero-order valence-electron chi connectivity index (χ0n) is 16.0. The lowest BCUT2D eigenvalue weighted by Crippen LogP contribution is -2.54. The zero-order valence-corrected chi connectivity index (χ0v) is 16.0. The minimum Gasteiger partial charge on any atom is -0.436 e. The van der Waals surface area contributed by atoms with Crippen LogP contribution < -0.4 is 5.73 Å². The van der Waals surface area contributed by atoms with Crippen molar-refractivity contribution >= 4 is 17.9 Å². The molecule has 1 spiro atoms. The van der Waals surface area contributed by atoms with E-state index in [-0.39, 0.29) is 31.4 Å². The number of primary amides is 1. The molecule has 1 aromatic carbocycles. The molecule has 0 radical (unpaired) electrons. The van der Waals surface area contributed by atoms with Crippen LogP contribution in [0.2, 0.25) is 0 Å². The molecular weight excluding hydrogens is 362 g/mol. The molecule has 3 N–H and O–H groups in total. The maximum absolute atomic E-state index is 13.1. The van der Waals surface area contributed by atoms with E-state index < -0.39 is 23.5 Å². The van der Waals surface area contributed by atoms with E-state index in [1.807, 2.05) is 30.3 Å². The van der Waals surface area contributed by atoms with Crippen LogP contribution in [0.15, 0.2) is 30.3 Å². The fraction of sp³-hybridized carbons (Fsp3) is 0.550. The number of ether oxygens (including phenoxy) is 1. The highest BCUT2D eigenvalue weighted by Crippen LogP contribution is 2.49. The van der Waals surface area contributed by atoms with Crippen molar-refractivity contribution in [1.29, 1.82) is 0 Å². The summed E-state index contributed by atoms with van der Waals surface area (Å²) in [5.41, 5.74) is 5.46. The number of piperidine rings is 1. The van der Waals surface area contributed by atoms with Crippen molar-refractivity contribution in [2.24, 2.45) is 11.1 Å². The zero-order chi connectivity index (χ0) is 20.3. The quantitative estimate of drug-likeness (QED) is 0.770. The minimum absolute atomic E-state index is 0.0184. The monoisotopic (exact) mass is 389 g/mol. The number of amides is 3. The number of aliphatic hydroxyl groups excluding tert-OH is 1. The fourth-order valence-corrected chi connectivity index (χ4v) is 4.60. The van der Waals surface area contributed by atoms with Crippen molar-refractivity contribution in [3.63, 3.8) is 0 Å². The summed E-state index contributed by atoms with van der Waals surface area (Å²) in [6.45, 7) is 1.03. The van der Waals surface area contributed by atoms with Crippen LogP contribution in [0.4, 0.5) is 4.79 Å². The highest BCUT2D eigenvalue weighted by Gasteiger charge is 2.55. The lowest BCUT2D eigenvalue weighted by Gasteiger charge is -2.43. The molecule has 2 aliphatic heterocycles. The molecule has 3 atom stereocenters. The molecule has 0 unspecified atom stereocenters. The van der Waals surface area contributed by atoms with Gasteiger partial charge in [0.15, 0.2) is 6.10 Å². The van der Waals surface area contributed by atoms with Gasteiger partial charge in [-0.05, 0) is 18.4 Å². The van der Waals surface area contributed by atoms with E-state index in [2.05, 4.69) is 0 Å². The third-order valence-corrected chi connectivity index (χ3v) is 5.86. The molecular formula is C20H27N3O5. The number of nitrogens with zero attached hydrogens (tertiary/aromatic N) is 2. The lowest BCUT2D eigenvalue weighted by atomic mass is 9.69. The molecule has 0 aliphatic carbocycles. The molecule has 3 amide bonds. The van der Waals surface area contributed by atoms with Crippen LogP contribution in [0.3, 0.4) is 0 Å². The largest absolute Gasteiger partial charge is 0.436 e. The number of benzene rings is 1. The summed E-state index contributed by atoms with van der Waals surface area (Å²) in [4.78, 5) is 40.6. The van der Waals surface area contributed by atoms with Crippen molar-refractivity contribution < 1.29 is 24.2 Å². The smallest absolute Gasteiger partial charge is 0.405 e. The summed E-state index contributed by atoms with van der Waals surface area (Å²) < 4.78 is 4.91. The first kappa shape index (κ1) is 20.1. The van der Waals surface area contributed by atoms with E-state index in [1.165, 1.54) is 0 Å². The minimum atomic E-state index is -1.14. The third-order valence-electron chi connectivity index (χ3n) is 5.86. The molecule has 2 heterocycles. The van der Waals surface area contributed by atoms with Crippen LogP contribution >= 0.6 is 0 Å². The lowest BCUT2D eigenvalue weighted by molar-refractivity contribution is -0.149. The molecule has 8 heteroatoms. The topological polar surface area (TPSA) is 113 Å². The molecule has 152 valence electrons. The van der Waals surface area contributed by atoms with E-state index in [4.69, 9.17) is 10.5 Å². The van der Waals surface area contributed by atoms with Crippen LogP contribution in [0.1, 0.15) is 30.7 Å². The Balaban J connectivity index is 1.87. The van der Waals surface area contributed by atoms with E-state index in [0.29, 0.717) is 25.9 Å². The number of likely N-dealkylation sites (tertiary alicyclic amines) is 2. The molecule has 3 rings (SSSR count). The summed E-state index contributed by atoms with van der Waals surface area (Å²) in [6, 6.07) is 9.88. The number of hydrogen-bond acceptors (Lipinski definition) is 5. The van der Waals surface area contributed by atoms with Gasteiger partial charge in [-0.15, -0.1) is 0 Å². The van der Waals surface area contributed by atoms with Gasteiger partial charge in [-0.1, -0.05) is 30.3 Å². The van der Waals surface area contributed by atoms with Crippen LogP contribution in [-0.2, 0) is 14.3 Å². The second-order valence-corrected chi connectivity index (χ2v) is 7.61. The molecule has 2 aliphatic rings. The molecule has 1 aromatic rings. The molecule has 8 nitrogen and oxygen atoms in total. The van der Waals surface area contributed by atoms with Crippen molar-refractivity contribution in [2.45, 2.75) is 31.3 Å². The maximum atomic E-state index is 13.1. The number of hydrogen-bond donors (Lipinski definition) is 2. The van der Waals surface area contributed by atoms with Gasteiger partial charge in [0.25, 0.3) is 5.91 Å². The summed E-state index contributed by atoms with van der Waals surface area (Å²) in [7, 11) is 1.79. The average molecular weight is 389 g/mol. The first-order valence-corrected chi connectivity index (χ1v) is 9.55. The normalized spacial score (nSPS) is 25.8. The number of carbonyl (C=O) groups excluding carboxylic acids is 3. The Morgan fingerprint density at radius 1 is 1.36 bits per heavy atom. The molecule has 2 fully saturated rings. The SMILES string of the molecule is CN1C[C@@H](c2ccccc2)[C@@]2(CCCN(C(=O)[C@@H](CCO)OC(N)=O)C2)C1=O. The molecule has 28 heavy (non-hydrogen) atoms. The second-order valence-electron chi connectivity index (χ2n) is 7.61. The second kappa shape index (κ2) is 8.18. The molecule has 0 saturated carbocycles. The average Bonchev–Trinajstić information content (AvgIpc) is 2.92. The van der Waals surface area contributed by atoms with Crippen molar-refractivity contribution in [1.82, 2.24) is 9.80 Å². The van der Waals surface area contributed by atoms with Gasteiger partial charge in [-0.25, -0.2) is 4.79 Å². The predicted molar refractivity (Wildman–Crippen MR) is 101 cm³/mol. The van der Waals surface area contributed by atoms with E-state index in [0.717, 1.165) is 5.56 Å². The van der Waals surface area contributed by atoms with Gasteiger partial charge in [-0.3, -0.25) is 9.59 Å². The molecule has 0 bridgehead atoms. The van der Waals surface area contributed by atoms with Gasteiger partial charge in [0.05, 0.1) is 5.41 Å². The highest BCUT2D eigenvalue weighted by atomic mass is 16.6. The fourth-order valence-electron chi connectivity index (χ4n) is 4.60. The maximum Gasteiger partial charge on any atom is 0.405 e. The first-order valence-electron chi connectivity index (χ1n) is 9.55. The number of likely N-dealkylation sites (N-methyl/N-ethyl adjacent to an activating group) is 1. The van der Waals surface area contributed by atoms with Crippen molar-refractivity contribution in [3.8, 4) is 0 Å². The standard InChI is InChI=1S/C20H27N3O5/c1-22-12-15(14-6-3-2-4-7-14)20(18(22)26)9-5-10-23(13-20)17(25)16(8-11-24)28-19(21)27/h2-4,6-7,15-16,24H,5,8-13H2,1H3,(H2,21,27)/t15-,16+,20-/m0/s1. The Kier molecular flexibility index (Phi) is 5.88. The third kappa shape index (κ3) is 3.69. The van der Waals surface area contributed by atoms with Crippen LogP contribution in [0.25, 0.3) is 0 Å². The summed E-state index contributed by atoms with van der Waals surface area (Å²) in [6.07, 6.45) is -0.849. The van der Waals surface area contributed by atoms with Gasteiger partial charge in [0.1, 0.15) is 0 Å². The van der Waals surface area contributed by atoms with E-state index in [9.17, 15) is 19.5 Å². The summed E-state index contributed by atoms with van der Waals surface area (Å²) in [5, 5.41) is 9.21. The Hall–Kier alpha value is -2.61. The van der Waals surface area contributed by atoms with Gasteiger partial charge in [0.2, 0.25) is 5.91 Å². The van der Waals surface area contributed by atoms with Crippen molar-refractivity contribution in [2.75, 3.05) is 33.3 Å². The Morgan fingerprint density at radius 2 is 2.07 bits per heavy atom. The van der Waals surface area contributed by atoms with Gasteiger partial charge < -0.3 is 25.4 Å². The van der Waals surface area contributed by atoms with Crippen LogP contribution in [0, 0.1) is 5.41 Å². The molecule has 2 saturated heterocycles. The van der Waals surface area contributed by atoms with Gasteiger partial charge in [-0.2, -0.15) is 0 Å². The highest BCUT2D eigenvalue weighted by molar-refractivity contribution is 5.89. The first-order chi connectivity index (χ1) is 13.4. The van der Waals surface area contributed by atoms with E-state index in [1.54, 1.807) is 16.8 Å². The summed E-state index contributed by atoms with van der Waals surface area (Å²) >= 11 is 0. The van der Waals surface area contributed by atoms with Crippen molar-refractivity contribution in [3.05, 3.63) is 35.9 Å². The summed E-state index contributed by atoms with van der Waals surface area (Å²) in [5.74, 6) is -0.398. The number of nitrogens with two attached hydrogens (primary N) is 1. The number of rotatable bonds is 5. The van der Waals surface area contributed by atoms with Crippen LogP contribution in [0.5, 0.6) is 0 Å². The Bertz CT molecular complexity index is 741. The van der Waals surface area contributed by atoms with Gasteiger partial charge >= 0.3 is 6.09 Å². The Labute approximate surface area is 164 Å². The molecule has 0 aromatic heterocycles.